The topological polar surface area (TPSA) is 76.1 Å². The maximum atomic E-state index is 12.7. The third-order valence-electron chi connectivity index (χ3n) is 4.81. The van der Waals surface area contributed by atoms with Crippen molar-refractivity contribution in [2.45, 2.75) is 31.7 Å². The monoisotopic (exact) mass is 409 g/mol. The predicted octanol–water partition coefficient (Wildman–Crippen LogP) is 4.11. The summed E-state index contributed by atoms with van der Waals surface area (Å²) in [6.07, 6.45) is 0. The van der Waals surface area contributed by atoms with Crippen LogP contribution in [0.1, 0.15) is 41.8 Å². The van der Waals surface area contributed by atoms with Gasteiger partial charge in [0.25, 0.3) is 5.56 Å². The number of nitrogens with one attached hydrogen (secondary N) is 2. The number of aromatic nitrogens is 2. The van der Waals surface area contributed by atoms with Crippen molar-refractivity contribution >= 4 is 23.5 Å². The Balaban J connectivity index is 1.60. The van der Waals surface area contributed by atoms with Crippen LogP contribution in [0, 0.1) is 0 Å². The zero-order valence-corrected chi connectivity index (χ0v) is 17.2. The summed E-state index contributed by atoms with van der Waals surface area (Å²) in [6, 6.07) is 17.8. The maximum Gasteiger partial charge on any atom is 0.270 e. The average Bonchev–Trinajstić information content (AvgIpc) is 2.94. The summed E-state index contributed by atoms with van der Waals surface area (Å²) in [5, 5.41) is 5.52. The lowest BCUT2D eigenvalue weighted by Gasteiger charge is -2.15. The predicted molar refractivity (Wildman–Crippen MR) is 116 cm³/mol. The Labute approximate surface area is 173 Å². The maximum absolute atomic E-state index is 12.7. The number of H-pyrrole nitrogens is 1. The molecule has 0 unspecified atom stereocenters. The van der Waals surface area contributed by atoms with Gasteiger partial charge in [0, 0.05) is 6.04 Å². The van der Waals surface area contributed by atoms with Crippen molar-refractivity contribution in [3.63, 3.8) is 0 Å². The van der Waals surface area contributed by atoms with Gasteiger partial charge in [0.15, 0.2) is 0 Å². The molecule has 0 saturated heterocycles. The fraction of sp³-hybridized carbons (Fsp3) is 0.273. The summed E-state index contributed by atoms with van der Waals surface area (Å²) in [4.78, 5) is 24.9. The molecule has 1 aliphatic heterocycles. The van der Waals surface area contributed by atoms with Gasteiger partial charge in [-0.15, -0.1) is 11.8 Å². The number of benzene rings is 2. The largest absolute Gasteiger partial charge is 0.489 e. The average molecular weight is 410 g/mol. The van der Waals surface area contributed by atoms with Crippen molar-refractivity contribution in [2.24, 2.45) is 0 Å². The Morgan fingerprint density at radius 3 is 2.52 bits per heavy atom. The van der Waals surface area contributed by atoms with Gasteiger partial charge in [-0.2, -0.15) is 0 Å². The number of nitrogens with zero attached hydrogens (tertiary/aromatic N) is 1. The Bertz CT molecular complexity index is 1060. The molecule has 0 spiro atoms. The van der Waals surface area contributed by atoms with Crippen molar-refractivity contribution < 1.29 is 9.53 Å². The summed E-state index contributed by atoms with van der Waals surface area (Å²) < 4.78 is 7.59. The van der Waals surface area contributed by atoms with Gasteiger partial charge >= 0.3 is 0 Å². The summed E-state index contributed by atoms with van der Waals surface area (Å²) in [5.41, 5.74) is 2.49. The third kappa shape index (κ3) is 4.10. The van der Waals surface area contributed by atoms with E-state index in [1.165, 1.54) is 11.8 Å². The fourth-order valence-electron chi connectivity index (χ4n) is 3.37. The second-order valence-electron chi connectivity index (χ2n) is 7.25. The second kappa shape index (κ2) is 8.21. The van der Waals surface area contributed by atoms with E-state index in [0.29, 0.717) is 23.7 Å². The normalized spacial score (nSPS) is 16.2. The van der Waals surface area contributed by atoms with E-state index in [4.69, 9.17) is 4.74 Å². The number of ether oxygens (including phenoxy) is 1. The highest BCUT2D eigenvalue weighted by molar-refractivity contribution is 8.00. The highest BCUT2D eigenvalue weighted by Crippen LogP contribution is 2.40. The Morgan fingerprint density at radius 2 is 1.83 bits per heavy atom. The van der Waals surface area contributed by atoms with E-state index in [0.717, 1.165) is 16.9 Å². The van der Waals surface area contributed by atoms with Gasteiger partial charge in [-0.1, -0.05) is 42.5 Å². The van der Waals surface area contributed by atoms with Crippen LogP contribution in [0.3, 0.4) is 0 Å². The van der Waals surface area contributed by atoms with Gasteiger partial charge in [-0.25, -0.2) is 0 Å². The highest BCUT2D eigenvalue weighted by atomic mass is 32.2. The van der Waals surface area contributed by atoms with Crippen LogP contribution in [0.5, 0.6) is 5.75 Å². The van der Waals surface area contributed by atoms with Gasteiger partial charge in [0.05, 0.1) is 16.6 Å². The van der Waals surface area contributed by atoms with Crippen molar-refractivity contribution in [2.75, 3.05) is 11.1 Å². The third-order valence-corrected chi connectivity index (χ3v) is 6.08. The van der Waals surface area contributed by atoms with Crippen LogP contribution in [-0.4, -0.2) is 21.4 Å². The molecule has 2 aromatic carbocycles. The van der Waals surface area contributed by atoms with Gasteiger partial charge in [0.1, 0.15) is 18.2 Å². The first-order chi connectivity index (χ1) is 14.0. The molecule has 0 fully saturated rings. The minimum atomic E-state index is -0.226. The Morgan fingerprint density at radius 1 is 1.10 bits per heavy atom. The van der Waals surface area contributed by atoms with Gasteiger partial charge in [-0.3, -0.25) is 19.4 Å². The van der Waals surface area contributed by atoms with Crippen LogP contribution in [0.2, 0.25) is 0 Å². The lowest BCUT2D eigenvalue weighted by Crippen LogP contribution is -2.17. The van der Waals surface area contributed by atoms with E-state index in [2.05, 4.69) is 10.4 Å². The number of hydrogen-bond acceptors (Lipinski definition) is 4. The number of hydrogen-bond donors (Lipinski definition) is 2. The summed E-state index contributed by atoms with van der Waals surface area (Å²) in [7, 11) is 0. The molecule has 2 heterocycles. The number of carbonyl (C=O) groups is 1. The van der Waals surface area contributed by atoms with Crippen molar-refractivity contribution in [1.29, 1.82) is 0 Å². The summed E-state index contributed by atoms with van der Waals surface area (Å²) >= 11 is 1.46. The first-order valence-electron chi connectivity index (χ1n) is 9.55. The Kier molecular flexibility index (Phi) is 5.49. The van der Waals surface area contributed by atoms with E-state index in [9.17, 15) is 9.59 Å². The van der Waals surface area contributed by atoms with Crippen LogP contribution in [-0.2, 0) is 11.4 Å². The van der Waals surface area contributed by atoms with Gasteiger partial charge in [-0.05, 0) is 37.1 Å². The highest BCUT2D eigenvalue weighted by Gasteiger charge is 2.30. The summed E-state index contributed by atoms with van der Waals surface area (Å²) in [5.74, 6) is 1.52. The number of aromatic amines is 1. The number of anilines is 1. The molecule has 6 nitrogen and oxygen atoms in total. The van der Waals surface area contributed by atoms with E-state index in [1.807, 2.05) is 68.4 Å². The molecule has 1 amide bonds. The molecule has 7 heteroatoms. The van der Waals surface area contributed by atoms with Crippen molar-refractivity contribution in [3.05, 3.63) is 81.6 Å². The standard InChI is InChI=1S/C22H23N3O3S/c1-14(2)25-21-19(22(27)24-25)20(29-13-18(26)23-21)16-8-10-17(11-9-16)28-12-15-6-4-3-5-7-15/h3-11,14,20H,12-13H2,1-2H3,(H,23,26)(H,24,27)/t20-/m1/s1. The second-order valence-corrected chi connectivity index (χ2v) is 8.34. The molecule has 1 aromatic heterocycles. The number of rotatable bonds is 5. The van der Waals surface area contributed by atoms with Crippen LogP contribution < -0.4 is 15.6 Å². The molecule has 0 saturated carbocycles. The first-order valence-corrected chi connectivity index (χ1v) is 10.6. The molecule has 0 aliphatic carbocycles. The number of thioether (sulfide) groups is 1. The van der Waals surface area contributed by atoms with E-state index >= 15 is 0 Å². The zero-order chi connectivity index (χ0) is 20.4. The molecule has 0 radical (unpaired) electrons. The molecule has 1 aliphatic rings. The number of amides is 1. The SMILES string of the molecule is CC(C)n1[nH]c(=O)c2c1NC(=O)CS[C@@H]2c1ccc(OCc2ccccc2)cc1. The van der Waals surface area contributed by atoms with Crippen LogP contribution in [0.15, 0.2) is 59.4 Å². The molecule has 4 rings (SSSR count). The first kappa shape index (κ1) is 19.4. The summed E-state index contributed by atoms with van der Waals surface area (Å²) in [6.45, 7) is 4.43. The zero-order valence-electron chi connectivity index (χ0n) is 16.3. The minimum Gasteiger partial charge on any atom is -0.489 e. The molecule has 3 aromatic rings. The molecule has 0 bridgehead atoms. The quantitative estimate of drug-likeness (QED) is 0.665. The number of carbonyl (C=O) groups excluding carboxylic acids is 1. The van der Waals surface area contributed by atoms with Crippen molar-refractivity contribution in [1.82, 2.24) is 9.78 Å². The van der Waals surface area contributed by atoms with Crippen LogP contribution in [0.25, 0.3) is 0 Å². The molecule has 2 N–H and O–H groups in total. The van der Waals surface area contributed by atoms with E-state index in [-0.39, 0.29) is 22.8 Å². The van der Waals surface area contributed by atoms with E-state index in [1.54, 1.807) is 4.68 Å². The van der Waals surface area contributed by atoms with Crippen molar-refractivity contribution in [3.8, 4) is 5.75 Å². The lowest BCUT2D eigenvalue weighted by atomic mass is 10.1. The fourth-order valence-corrected chi connectivity index (χ4v) is 4.50. The molecule has 29 heavy (non-hydrogen) atoms. The van der Waals surface area contributed by atoms with Crippen LogP contribution >= 0.6 is 11.8 Å². The van der Waals surface area contributed by atoms with Gasteiger partial charge in [0.2, 0.25) is 5.91 Å². The smallest absolute Gasteiger partial charge is 0.270 e. The lowest BCUT2D eigenvalue weighted by molar-refractivity contribution is -0.113. The minimum absolute atomic E-state index is 0.0317. The molecular formula is C22H23N3O3S. The van der Waals surface area contributed by atoms with Crippen LogP contribution in [0.4, 0.5) is 5.82 Å². The van der Waals surface area contributed by atoms with Gasteiger partial charge < -0.3 is 10.1 Å². The molecular weight excluding hydrogens is 386 g/mol. The molecule has 150 valence electrons. The number of fused-ring (bicyclic) bond motifs is 1. The molecule has 1 atom stereocenters. The van der Waals surface area contributed by atoms with E-state index < -0.39 is 0 Å². The Hall–Kier alpha value is -2.93.